The van der Waals surface area contributed by atoms with Gasteiger partial charge in [-0.15, -0.1) is 0 Å². The van der Waals surface area contributed by atoms with Crippen LogP contribution >= 0.6 is 0 Å². The van der Waals surface area contributed by atoms with Crippen molar-refractivity contribution in [2.45, 2.75) is 37.8 Å². The first-order valence-corrected chi connectivity index (χ1v) is 5.75. The fourth-order valence-electron chi connectivity index (χ4n) is 3.90. The summed E-state index contributed by atoms with van der Waals surface area (Å²) >= 11 is 0. The monoisotopic (exact) mass is 224 g/mol. The fraction of sp³-hybridized carbons (Fsp3) is 0.750. The van der Waals surface area contributed by atoms with E-state index in [4.69, 9.17) is 9.47 Å². The molecule has 0 spiro atoms. The molecule has 1 saturated heterocycles. The van der Waals surface area contributed by atoms with Gasteiger partial charge < -0.3 is 14.6 Å². The molecule has 2 bridgehead atoms. The molecule has 4 heteroatoms. The predicted octanol–water partition coefficient (Wildman–Crippen LogP) is 0.847. The van der Waals surface area contributed by atoms with Crippen LogP contribution in [0.15, 0.2) is 12.7 Å². The zero-order chi connectivity index (χ0) is 11.5. The molecule has 0 radical (unpaired) electrons. The quantitative estimate of drug-likeness (QED) is 0.558. The zero-order valence-electron chi connectivity index (χ0n) is 9.26. The van der Waals surface area contributed by atoms with E-state index < -0.39 is 17.9 Å². The van der Waals surface area contributed by atoms with Gasteiger partial charge in [0.15, 0.2) is 6.29 Å². The smallest absolute Gasteiger partial charge is 0.330 e. The number of fused-ring (bicyclic) bond motifs is 1. The molecule has 6 atom stereocenters. The third-order valence-electron chi connectivity index (χ3n) is 4.53. The molecule has 3 rings (SSSR count). The fourth-order valence-corrected chi connectivity index (χ4v) is 3.90. The number of hydrogen-bond acceptors (Lipinski definition) is 4. The molecule has 6 unspecified atom stereocenters. The molecule has 0 amide bonds. The lowest BCUT2D eigenvalue weighted by molar-refractivity contribution is -0.185. The van der Waals surface area contributed by atoms with Gasteiger partial charge in [0, 0.05) is 12.0 Å². The molecule has 3 fully saturated rings. The van der Waals surface area contributed by atoms with Crippen LogP contribution in [0.5, 0.6) is 0 Å². The maximum atomic E-state index is 11.3. The van der Waals surface area contributed by atoms with Crippen LogP contribution in [0.2, 0.25) is 0 Å². The zero-order valence-corrected chi connectivity index (χ0v) is 9.26. The van der Waals surface area contributed by atoms with E-state index in [0.29, 0.717) is 11.8 Å². The second-order valence-electron chi connectivity index (χ2n) is 5.26. The largest absolute Gasteiger partial charge is 0.456 e. The van der Waals surface area contributed by atoms with Gasteiger partial charge in [-0.05, 0) is 31.6 Å². The van der Waals surface area contributed by atoms with E-state index in [2.05, 4.69) is 6.58 Å². The first kappa shape index (κ1) is 10.3. The van der Waals surface area contributed by atoms with Crippen molar-refractivity contribution in [2.75, 3.05) is 0 Å². The minimum Gasteiger partial charge on any atom is -0.456 e. The third-order valence-corrected chi connectivity index (χ3v) is 4.53. The number of carbonyl (C=O) groups excluding carboxylic acids is 1. The van der Waals surface area contributed by atoms with Crippen LogP contribution in [0, 0.1) is 17.8 Å². The summed E-state index contributed by atoms with van der Waals surface area (Å²) in [6.45, 7) is 5.34. The molecule has 0 aromatic rings. The van der Waals surface area contributed by atoms with Crippen molar-refractivity contribution in [1.29, 1.82) is 0 Å². The van der Waals surface area contributed by atoms with Crippen LogP contribution in [0.4, 0.5) is 0 Å². The summed E-state index contributed by atoms with van der Waals surface area (Å²) in [5.41, 5.74) is -0.494. The average molecular weight is 224 g/mol. The highest BCUT2D eigenvalue weighted by molar-refractivity contribution is 5.81. The van der Waals surface area contributed by atoms with Gasteiger partial charge in [-0.3, -0.25) is 0 Å². The molecule has 1 heterocycles. The minimum atomic E-state index is -0.688. The van der Waals surface area contributed by atoms with Crippen molar-refractivity contribution in [2.24, 2.45) is 17.8 Å². The summed E-state index contributed by atoms with van der Waals surface area (Å²) in [7, 11) is 0. The van der Waals surface area contributed by atoms with Crippen LogP contribution in [0.25, 0.3) is 0 Å². The number of aliphatic hydroxyl groups excluding tert-OH is 1. The summed E-state index contributed by atoms with van der Waals surface area (Å²) in [5, 5.41) is 9.79. The number of ether oxygens (including phenoxy) is 2. The summed E-state index contributed by atoms with van der Waals surface area (Å²) in [6.07, 6.45) is 2.16. The SMILES string of the molecule is C=CC(=O)OC1C2CC3C(O)OC1(C)C3C2. The van der Waals surface area contributed by atoms with Gasteiger partial charge >= 0.3 is 5.97 Å². The van der Waals surface area contributed by atoms with Gasteiger partial charge in [-0.25, -0.2) is 4.79 Å². The van der Waals surface area contributed by atoms with Crippen molar-refractivity contribution in [3.05, 3.63) is 12.7 Å². The molecule has 0 aromatic heterocycles. The topological polar surface area (TPSA) is 55.8 Å². The number of esters is 1. The Bertz CT molecular complexity index is 351. The van der Waals surface area contributed by atoms with E-state index in [-0.39, 0.29) is 12.0 Å². The summed E-state index contributed by atoms with van der Waals surface area (Å²) in [6, 6.07) is 0. The van der Waals surface area contributed by atoms with E-state index in [1.165, 1.54) is 6.08 Å². The lowest BCUT2D eigenvalue weighted by Gasteiger charge is -2.34. The molecule has 4 nitrogen and oxygen atoms in total. The van der Waals surface area contributed by atoms with Gasteiger partial charge in [0.1, 0.15) is 11.7 Å². The molecule has 1 aliphatic heterocycles. The van der Waals surface area contributed by atoms with E-state index >= 15 is 0 Å². The standard InChI is InChI=1S/C12H16O4/c1-3-9(13)15-10-6-4-7-8(5-6)12(10,2)16-11(7)14/h3,6-8,10-11,14H,1,4-5H2,2H3. The lowest BCUT2D eigenvalue weighted by Crippen LogP contribution is -2.46. The van der Waals surface area contributed by atoms with Crippen molar-refractivity contribution < 1.29 is 19.4 Å². The molecule has 2 aliphatic carbocycles. The number of carbonyl (C=O) groups is 1. The maximum absolute atomic E-state index is 11.3. The Morgan fingerprint density at radius 1 is 1.62 bits per heavy atom. The molecule has 16 heavy (non-hydrogen) atoms. The van der Waals surface area contributed by atoms with Crippen molar-refractivity contribution in [1.82, 2.24) is 0 Å². The Balaban J connectivity index is 1.87. The highest BCUT2D eigenvalue weighted by Gasteiger charge is 2.68. The van der Waals surface area contributed by atoms with Gasteiger partial charge in [0.2, 0.25) is 0 Å². The lowest BCUT2D eigenvalue weighted by atomic mass is 9.79. The van der Waals surface area contributed by atoms with Crippen molar-refractivity contribution >= 4 is 5.97 Å². The molecular weight excluding hydrogens is 208 g/mol. The minimum absolute atomic E-state index is 0.226. The molecule has 88 valence electrons. The van der Waals surface area contributed by atoms with Crippen LogP contribution in [-0.4, -0.2) is 29.1 Å². The van der Waals surface area contributed by atoms with E-state index in [0.717, 1.165) is 12.8 Å². The molecule has 0 aromatic carbocycles. The van der Waals surface area contributed by atoms with Crippen LogP contribution in [0.3, 0.4) is 0 Å². The van der Waals surface area contributed by atoms with Crippen LogP contribution < -0.4 is 0 Å². The Morgan fingerprint density at radius 2 is 2.38 bits per heavy atom. The van der Waals surface area contributed by atoms with Gasteiger partial charge in [0.25, 0.3) is 0 Å². The molecule has 1 N–H and O–H groups in total. The van der Waals surface area contributed by atoms with E-state index in [1.807, 2.05) is 6.92 Å². The Labute approximate surface area is 94.2 Å². The number of aliphatic hydroxyl groups is 1. The maximum Gasteiger partial charge on any atom is 0.330 e. The molecule has 3 aliphatic rings. The summed E-state index contributed by atoms with van der Waals surface area (Å²) < 4.78 is 11.0. The first-order chi connectivity index (χ1) is 7.56. The van der Waals surface area contributed by atoms with Gasteiger partial charge in [-0.2, -0.15) is 0 Å². The average Bonchev–Trinajstić information content (AvgIpc) is 2.81. The van der Waals surface area contributed by atoms with Crippen molar-refractivity contribution in [3.63, 3.8) is 0 Å². The van der Waals surface area contributed by atoms with E-state index in [1.54, 1.807) is 0 Å². The van der Waals surface area contributed by atoms with Gasteiger partial charge in [-0.1, -0.05) is 6.58 Å². The summed E-state index contributed by atoms with van der Waals surface area (Å²) in [5.74, 6) is 0.491. The molecule has 2 saturated carbocycles. The van der Waals surface area contributed by atoms with Crippen molar-refractivity contribution in [3.8, 4) is 0 Å². The number of rotatable bonds is 2. The Hall–Kier alpha value is -0.870. The Kier molecular flexibility index (Phi) is 1.98. The second-order valence-corrected chi connectivity index (χ2v) is 5.26. The highest BCUT2D eigenvalue weighted by Crippen LogP contribution is 2.62. The normalized spacial score (nSPS) is 53.0. The summed E-state index contributed by atoms with van der Waals surface area (Å²) in [4.78, 5) is 11.3. The number of hydrogen-bond donors (Lipinski definition) is 1. The van der Waals surface area contributed by atoms with E-state index in [9.17, 15) is 9.90 Å². The Morgan fingerprint density at radius 3 is 3.06 bits per heavy atom. The first-order valence-electron chi connectivity index (χ1n) is 5.75. The molecular formula is C12H16O4. The third kappa shape index (κ3) is 1.09. The highest BCUT2D eigenvalue weighted by atomic mass is 16.6. The predicted molar refractivity (Wildman–Crippen MR) is 55.3 cm³/mol. The van der Waals surface area contributed by atoms with Gasteiger partial charge in [0.05, 0.1) is 0 Å². The van der Waals surface area contributed by atoms with Crippen LogP contribution in [-0.2, 0) is 14.3 Å². The second kappa shape index (κ2) is 3.08. The van der Waals surface area contributed by atoms with Crippen LogP contribution in [0.1, 0.15) is 19.8 Å².